The van der Waals surface area contributed by atoms with E-state index in [1.807, 2.05) is 48.5 Å². The number of nitrogens with one attached hydrogen (secondary N) is 3. The quantitative estimate of drug-likeness (QED) is 0.648. The van der Waals surface area contributed by atoms with Crippen LogP contribution in [0.1, 0.15) is 30.9 Å². The number of rotatable bonds is 9. The van der Waals surface area contributed by atoms with Gasteiger partial charge in [0, 0.05) is 12.6 Å². The van der Waals surface area contributed by atoms with E-state index in [-0.39, 0.29) is 24.5 Å². The lowest BCUT2D eigenvalue weighted by Gasteiger charge is -2.18. The van der Waals surface area contributed by atoms with Crippen molar-refractivity contribution in [3.05, 3.63) is 71.8 Å². The molecule has 0 aliphatic rings. The average Bonchev–Trinajstić information content (AvgIpc) is 2.66. The highest BCUT2D eigenvalue weighted by Crippen LogP contribution is 2.07. The maximum Gasteiger partial charge on any atom is 0.315 e. The summed E-state index contributed by atoms with van der Waals surface area (Å²) in [5.41, 5.74) is 2.21. The van der Waals surface area contributed by atoms with Crippen molar-refractivity contribution in [2.45, 2.75) is 38.8 Å². The van der Waals surface area contributed by atoms with E-state index in [9.17, 15) is 9.59 Å². The van der Waals surface area contributed by atoms with Gasteiger partial charge in [0.25, 0.3) is 0 Å². The summed E-state index contributed by atoms with van der Waals surface area (Å²) in [6.07, 6.45) is 2.65. The summed E-state index contributed by atoms with van der Waals surface area (Å²) < 4.78 is 0. The third-order valence-electron chi connectivity index (χ3n) is 4.04. The molecule has 0 bridgehead atoms. The van der Waals surface area contributed by atoms with E-state index < -0.39 is 0 Å². The Morgan fingerprint density at radius 1 is 0.885 bits per heavy atom. The van der Waals surface area contributed by atoms with Crippen molar-refractivity contribution in [2.75, 3.05) is 6.54 Å². The molecule has 0 heterocycles. The second kappa shape index (κ2) is 10.9. The highest BCUT2D eigenvalue weighted by molar-refractivity contribution is 5.83. The molecule has 5 nitrogen and oxygen atoms in total. The molecule has 0 aromatic heterocycles. The lowest BCUT2D eigenvalue weighted by Crippen LogP contribution is -2.46. The molecule has 0 spiro atoms. The largest absolute Gasteiger partial charge is 0.350 e. The van der Waals surface area contributed by atoms with Crippen LogP contribution in [0.25, 0.3) is 0 Å². The van der Waals surface area contributed by atoms with E-state index in [0.717, 1.165) is 24.8 Å². The minimum absolute atomic E-state index is 0.0388. The van der Waals surface area contributed by atoms with Crippen LogP contribution in [-0.4, -0.2) is 24.5 Å². The normalized spacial score (nSPS) is 11.4. The number of hydrogen-bond donors (Lipinski definition) is 3. The van der Waals surface area contributed by atoms with Gasteiger partial charge >= 0.3 is 6.03 Å². The minimum Gasteiger partial charge on any atom is -0.350 e. The Bertz CT molecular complexity index is 674. The summed E-state index contributed by atoms with van der Waals surface area (Å²) in [5.74, 6) is -0.209. The van der Waals surface area contributed by atoms with Gasteiger partial charge in [0.05, 0.1) is 6.54 Å². The molecular weight excluding hydrogens is 326 g/mol. The van der Waals surface area contributed by atoms with E-state index in [0.29, 0.717) is 6.54 Å². The van der Waals surface area contributed by atoms with E-state index in [1.165, 1.54) is 5.56 Å². The zero-order valence-electron chi connectivity index (χ0n) is 15.2. The fourth-order valence-corrected chi connectivity index (χ4v) is 2.73. The second-order valence-corrected chi connectivity index (χ2v) is 6.26. The molecular formula is C21H27N3O2. The minimum atomic E-state index is -0.311. The Balaban J connectivity index is 1.72. The molecule has 1 atom stereocenters. The van der Waals surface area contributed by atoms with E-state index in [2.05, 4.69) is 35.0 Å². The fourth-order valence-electron chi connectivity index (χ4n) is 2.73. The van der Waals surface area contributed by atoms with Gasteiger partial charge in [-0.05, 0) is 24.0 Å². The highest BCUT2D eigenvalue weighted by Gasteiger charge is 2.13. The lowest BCUT2D eigenvalue weighted by atomic mass is 10.0. The molecule has 3 N–H and O–H groups in total. The Morgan fingerprint density at radius 3 is 2.12 bits per heavy atom. The number of carbonyl (C=O) groups is 2. The van der Waals surface area contributed by atoms with Crippen molar-refractivity contribution in [1.82, 2.24) is 16.0 Å². The molecule has 1 unspecified atom stereocenters. The first-order valence-electron chi connectivity index (χ1n) is 9.06. The Labute approximate surface area is 155 Å². The first kappa shape index (κ1) is 19.5. The van der Waals surface area contributed by atoms with Gasteiger partial charge in [-0.2, -0.15) is 0 Å². The number of benzene rings is 2. The van der Waals surface area contributed by atoms with Gasteiger partial charge in [-0.3, -0.25) is 4.79 Å². The zero-order valence-corrected chi connectivity index (χ0v) is 15.2. The van der Waals surface area contributed by atoms with Gasteiger partial charge in [0.1, 0.15) is 0 Å². The Hall–Kier alpha value is -2.82. The lowest BCUT2D eigenvalue weighted by molar-refractivity contribution is -0.120. The van der Waals surface area contributed by atoms with Crippen LogP contribution in [0.4, 0.5) is 4.79 Å². The molecule has 26 heavy (non-hydrogen) atoms. The molecule has 3 amide bonds. The second-order valence-electron chi connectivity index (χ2n) is 6.26. The summed E-state index contributed by atoms with van der Waals surface area (Å²) in [6, 6.07) is 19.5. The van der Waals surface area contributed by atoms with Crippen molar-refractivity contribution in [2.24, 2.45) is 0 Å². The van der Waals surface area contributed by atoms with E-state index in [4.69, 9.17) is 0 Å². The van der Waals surface area contributed by atoms with Crippen LogP contribution in [-0.2, 0) is 17.8 Å². The van der Waals surface area contributed by atoms with Crippen molar-refractivity contribution >= 4 is 11.9 Å². The number of urea groups is 1. The van der Waals surface area contributed by atoms with Crippen molar-refractivity contribution in [3.63, 3.8) is 0 Å². The van der Waals surface area contributed by atoms with Crippen molar-refractivity contribution in [1.29, 1.82) is 0 Å². The van der Waals surface area contributed by atoms with E-state index in [1.54, 1.807) is 0 Å². The number of amides is 3. The maximum atomic E-state index is 12.1. The highest BCUT2D eigenvalue weighted by atomic mass is 16.2. The maximum absolute atomic E-state index is 12.1. The van der Waals surface area contributed by atoms with Crippen LogP contribution in [0.3, 0.4) is 0 Å². The molecule has 0 saturated heterocycles. The van der Waals surface area contributed by atoms with E-state index >= 15 is 0 Å². The van der Waals surface area contributed by atoms with Gasteiger partial charge in [-0.25, -0.2) is 4.79 Å². The third kappa shape index (κ3) is 7.38. The predicted octanol–water partition coefficient (Wildman–Crippen LogP) is 3.01. The summed E-state index contributed by atoms with van der Waals surface area (Å²) in [4.78, 5) is 24.0. The standard InChI is InChI=1S/C21H27N3O2/c1-2-9-19(14-17-10-5-3-6-11-17)24-21(26)23-16-20(25)22-15-18-12-7-4-8-13-18/h3-8,10-13,19H,2,9,14-16H2,1H3,(H,22,25)(H2,23,24,26). The van der Waals surface area contributed by atoms with Gasteiger partial charge < -0.3 is 16.0 Å². The molecule has 0 aliphatic carbocycles. The Kier molecular flexibility index (Phi) is 8.19. The van der Waals surface area contributed by atoms with Crippen LogP contribution >= 0.6 is 0 Å². The van der Waals surface area contributed by atoms with Crippen LogP contribution in [0, 0.1) is 0 Å². The van der Waals surface area contributed by atoms with Gasteiger partial charge in [0.15, 0.2) is 0 Å². The first-order chi connectivity index (χ1) is 12.7. The molecule has 0 fully saturated rings. The molecule has 0 radical (unpaired) electrons. The van der Waals surface area contributed by atoms with Gasteiger partial charge in [0.2, 0.25) is 5.91 Å². The van der Waals surface area contributed by atoms with Crippen LogP contribution in [0.5, 0.6) is 0 Å². The molecule has 138 valence electrons. The number of hydrogen-bond acceptors (Lipinski definition) is 2. The molecule has 2 rings (SSSR count). The van der Waals surface area contributed by atoms with Crippen LogP contribution in [0.2, 0.25) is 0 Å². The summed E-state index contributed by atoms with van der Waals surface area (Å²) in [7, 11) is 0. The van der Waals surface area contributed by atoms with Crippen LogP contribution < -0.4 is 16.0 Å². The topological polar surface area (TPSA) is 70.2 Å². The Morgan fingerprint density at radius 2 is 1.50 bits per heavy atom. The third-order valence-corrected chi connectivity index (χ3v) is 4.04. The molecule has 5 heteroatoms. The molecule has 0 aliphatic heterocycles. The summed E-state index contributed by atoms with van der Waals surface area (Å²) >= 11 is 0. The predicted molar refractivity (Wildman–Crippen MR) is 104 cm³/mol. The average molecular weight is 353 g/mol. The van der Waals surface area contributed by atoms with Crippen LogP contribution in [0.15, 0.2) is 60.7 Å². The molecule has 2 aromatic carbocycles. The summed E-state index contributed by atoms with van der Waals surface area (Å²) in [6.45, 7) is 2.51. The zero-order chi connectivity index (χ0) is 18.6. The van der Waals surface area contributed by atoms with Crippen molar-refractivity contribution in [3.8, 4) is 0 Å². The fraction of sp³-hybridized carbons (Fsp3) is 0.333. The number of carbonyl (C=O) groups excluding carboxylic acids is 2. The summed E-state index contributed by atoms with van der Waals surface area (Å²) in [5, 5.41) is 8.39. The smallest absolute Gasteiger partial charge is 0.315 e. The monoisotopic (exact) mass is 353 g/mol. The van der Waals surface area contributed by atoms with Gasteiger partial charge in [-0.1, -0.05) is 74.0 Å². The SMILES string of the molecule is CCCC(Cc1ccccc1)NC(=O)NCC(=O)NCc1ccccc1. The first-order valence-corrected chi connectivity index (χ1v) is 9.06. The van der Waals surface area contributed by atoms with Gasteiger partial charge in [-0.15, -0.1) is 0 Å². The molecule has 0 saturated carbocycles. The van der Waals surface area contributed by atoms with Crippen molar-refractivity contribution < 1.29 is 9.59 Å². The molecule has 2 aromatic rings.